The van der Waals surface area contributed by atoms with Gasteiger partial charge in [0.2, 0.25) is 17.6 Å². The molecule has 0 saturated heterocycles. The van der Waals surface area contributed by atoms with Crippen LogP contribution in [-0.2, 0) is 11.2 Å². The van der Waals surface area contributed by atoms with Gasteiger partial charge in [0.05, 0.1) is 0 Å². The number of nitrogens with zero attached hydrogens (tertiary/aromatic N) is 2. The quantitative estimate of drug-likeness (QED) is 0.674. The lowest BCUT2D eigenvalue weighted by Crippen LogP contribution is -2.13. The molecular formula is C21H22FN3O2. The van der Waals surface area contributed by atoms with Crippen molar-refractivity contribution in [3.05, 3.63) is 65.3 Å². The molecule has 0 atom stereocenters. The Morgan fingerprint density at radius 2 is 1.93 bits per heavy atom. The molecule has 1 aromatic heterocycles. The molecule has 1 heterocycles. The molecule has 1 amide bonds. The summed E-state index contributed by atoms with van der Waals surface area (Å²) in [7, 11) is 0. The molecule has 27 heavy (non-hydrogen) atoms. The molecule has 3 rings (SSSR count). The maximum atomic E-state index is 13.3. The smallest absolute Gasteiger partial charge is 0.227 e. The van der Waals surface area contributed by atoms with E-state index in [0.717, 1.165) is 11.1 Å². The van der Waals surface area contributed by atoms with E-state index < -0.39 is 0 Å². The first-order valence-corrected chi connectivity index (χ1v) is 8.91. The lowest BCUT2D eigenvalue weighted by Gasteiger charge is -2.07. The number of benzene rings is 2. The number of aromatic nitrogens is 2. The molecule has 0 fully saturated rings. The number of aryl methyl sites for hydroxylation is 2. The highest BCUT2D eigenvalue weighted by Gasteiger charge is 2.12. The zero-order valence-corrected chi connectivity index (χ0v) is 15.6. The van der Waals surface area contributed by atoms with Crippen molar-refractivity contribution in [3.8, 4) is 11.4 Å². The highest BCUT2D eigenvalue weighted by molar-refractivity contribution is 5.91. The van der Waals surface area contributed by atoms with Crippen LogP contribution in [0.25, 0.3) is 11.4 Å². The van der Waals surface area contributed by atoms with Gasteiger partial charge in [0, 0.05) is 24.1 Å². The van der Waals surface area contributed by atoms with Crippen LogP contribution in [0, 0.1) is 12.7 Å². The van der Waals surface area contributed by atoms with E-state index in [4.69, 9.17) is 4.52 Å². The second-order valence-corrected chi connectivity index (χ2v) is 6.80. The minimum atomic E-state index is -0.388. The fraction of sp³-hybridized carbons (Fsp3) is 0.286. The summed E-state index contributed by atoms with van der Waals surface area (Å²) in [5.74, 6) is 0.733. The van der Waals surface area contributed by atoms with Crippen molar-refractivity contribution >= 4 is 11.6 Å². The Bertz CT molecular complexity index is 933. The highest BCUT2D eigenvalue weighted by atomic mass is 19.1. The highest BCUT2D eigenvalue weighted by Crippen LogP contribution is 2.21. The van der Waals surface area contributed by atoms with E-state index in [-0.39, 0.29) is 18.1 Å². The second kappa shape index (κ2) is 8.12. The third kappa shape index (κ3) is 4.78. The van der Waals surface area contributed by atoms with Crippen LogP contribution in [0.4, 0.5) is 10.1 Å². The van der Waals surface area contributed by atoms with E-state index >= 15 is 0 Å². The third-order valence-electron chi connectivity index (χ3n) is 4.34. The van der Waals surface area contributed by atoms with E-state index in [2.05, 4.69) is 29.3 Å². The summed E-state index contributed by atoms with van der Waals surface area (Å²) in [6, 6.07) is 12.3. The van der Waals surface area contributed by atoms with Gasteiger partial charge < -0.3 is 9.84 Å². The summed E-state index contributed by atoms with van der Waals surface area (Å²) >= 11 is 0. The molecule has 0 saturated carbocycles. The van der Waals surface area contributed by atoms with Gasteiger partial charge >= 0.3 is 0 Å². The van der Waals surface area contributed by atoms with Crippen LogP contribution in [0.5, 0.6) is 0 Å². The first-order valence-electron chi connectivity index (χ1n) is 8.91. The van der Waals surface area contributed by atoms with Gasteiger partial charge in [0.25, 0.3) is 0 Å². The van der Waals surface area contributed by atoms with Crippen LogP contribution in [-0.4, -0.2) is 16.0 Å². The molecule has 2 aromatic carbocycles. The largest absolute Gasteiger partial charge is 0.339 e. The Morgan fingerprint density at radius 1 is 1.19 bits per heavy atom. The Kier molecular flexibility index (Phi) is 5.64. The van der Waals surface area contributed by atoms with E-state index in [1.54, 1.807) is 6.07 Å². The van der Waals surface area contributed by atoms with Crippen molar-refractivity contribution in [3.63, 3.8) is 0 Å². The van der Waals surface area contributed by atoms with Crippen LogP contribution >= 0.6 is 0 Å². The van der Waals surface area contributed by atoms with Crippen molar-refractivity contribution in [2.24, 2.45) is 0 Å². The predicted octanol–water partition coefficient (Wildman–Crippen LogP) is 4.88. The molecule has 6 heteroatoms. The molecule has 0 spiro atoms. The average Bonchev–Trinajstić information content (AvgIpc) is 3.12. The summed E-state index contributed by atoms with van der Waals surface area (Å²) in [4.78, 5) is 16.5. The SMILES string of the molecule is Cc1ccc(F)cc1NC(=O)CCc1nc(-c2ccc(C(C)C)cc2)no1. The zero-order valence-electron chi connectivity index (χ0n) is 15.6. The van der Waals surface area contributed by atoms with Gasteiger partial charge in [-0.1, -0.05) is 49.3 Å². The predicted molar refractivity (Wildman–Crippen MR) is 102 cm³/mol. The summed E-state index contributed by atoms with van der Waals surface area (Å²) in [5, 5.41) is 6.69. The Hall–Kier alpha value is -3.02. The molecule has 0 radical (unpaired) electrons. The molecule has 3 aromatic rings. The fourth-order valence-electron chi connectivity index (χ4n) is 2.65. The number of hydrogen-bond acceptors (Lipinski definition) is 4. The number of nitrogens with one attached hydrogen (secondary N) is 1. The maximum absolute atomic E-state index is 13.3. The summed E-state index contributed by atoms with van der Waals surface area (Å²) in [6.07, 6.45) is 0.487. The minimum absolute atomic E-state index is 0.171. The van der Waals surface area contributed by atoms with Crippen LogP contribution in [0.2, 0.25) is 0 Å². The monoisotopic (exact) mass is 367 g/mol. The Labute approximate surface area is 157 Å². The fourth-order valence-corrected chi connectivity index (χ4v) is 2.65. The Morgan fingerprint density at radius 3 is 2.63 bits per heavy atom. The number of carbonyl (C=O) groups excluding carboxylic acids is 1. The van der Waals surface area contributed by atoms with Crippen molar-refractivity contribution in [2.45, 2.75) is 39.5 Å². The van der Waals surface area contributed by atoms with Crippen molar-refractivity contribution in [1.82, 2.24) is 10.1 Å². The van der Waals surface area contributed by atoms with Crippen molar-refractivity contribution < 1.29 is 13.7 Å². The lowest BCUT2D eigenvalue weighted by molar-refractivity contribution is -0.116. The van der Waals surface area contributed by atoms with Gasteiger partial charge in [0.15, 0.2) is 0 Å². The second-order valence-electron chi connectivity index (χ2n) is 6.80. The number of carbonyl (C=O) groups is 1. The normalized spacial score (nSPS) is 11.0. The van der Waals surface area contributed by atoms with Crippen LogP contribution < -0.4 is 5.32 Å². The average molecular weight is 367 g/mol. The van der Waals surface area contributed by atoms with Gasteiger partial charge in [-0.2, -0.15) is 4.98 Å². The van der Waals surface area contributed by atoms with Crippen molar-refractivity contribution in [1.29, 1.82) is 0 Å². The molecular weight excluding hydrogens is 345 g/mol. The first kappa shape index (κ1) is 18.8. The van der Waals surface area contributed by atoms with Crippen molar-refractivity contribution in [2.75, 3.05) is 5.32 Å². The molecule has 0 aliphatic heterocycles. The molecule has 5 nitrogen and oxygen atoms in total. The molecule has 0 unspecified atom stereocenters. The number of halogens is 1. The van der Waals surface area contributed by atoms with E-state index in [1.165, 1.54) is 17.7 Å². The number of rotatable bonds is 6. The van der Waals surface area contributed by atoms with E-state index in [9.17, 15) is 9.18 Å². The standard InChI is InChI=1S/C21H22FN3O2/c1-13(2)15-5-7-16(8-6-15)21-24-20(27-25-21)11-10-19(26)23-18-12-17(22)9-4-14(18)3/h4-9,12-13H,10-11H2,1-3H3,(H,23,26). The number of anilines is 1. The van der Waals surface area contributed by atoms with E-state index in [0.29, 0.717) is 29.7 Å². The first-order chi connectivity index (χ1) is 12.9. The maximum Gasteiger partial charge on any atom is 0.227 e. The molecule has 140 valence electrons. The Balaban J connectivity index is 1.59. The number of hydrogen-bond donors (Lipinski definition) is 1. The topological polar surface area (TPSA) is 68.0 Å². The van der Waals surface area contributed by atoms with Crippen LogP contribution in [0.1, 0.15) is 43.2 Å². The van der Waals surface area contributed by atoms with Gasteiger partial charge in [-0.05, 0) is 36.1 Å². The third-order valence-corrected chi connectivity index (χ3v) is 4.34. The molecule has 0 aliphatic rings. The minimum Gasteiger partial charge on any atom is -0.339 e. The molecule has 1 N–H and O–H groups in total. The molecule has 0 aliphatic carbocycles. The van der Waals surface area contributed by atoms with Gasteiger partial charge in [-0.15, -0.1) is 0 Å². The van der Waals surface area contributed by atoms with E-state index in [1.807, 2.05) is 31.2 Å². The lowest BCUT2D eigenvalue weighted by atomic mass is 10.0. The summed E-state index contributed by atoms with van der Waals surface area (Å²) in [5.41, 5.74) is 3.38. The zero-order chi connectivity index (χ0) is 19.4. The van der Waals surface area contributed by atoms with Crippen LogP contribution in [0.3, 0.4) is 0 Å². The van der Waals surface area contributed by atoms with Gasteiger partial charge in [-0.3, -0.25) is 4.79 Å². The summed E-state index contributed by atoms with van der Waals surface area (Å²) in [6.45, 7) is 6.08. The van der Waals surface area contributed by atoms with Gasteiger partial charge in [0.1, 0.15) is 5.82 Å². The van der Waals surface area contributed by atoms with Crippen LogP contribution in [0.15, 0.2) is 47.0 Å². The number of amides is 1. The van der Waals surface area contributed by atoms with Gasteiger partial charge in [-0.25, -0.2) is 4.39 Å². The molecule has 0 bridgehead atoms. The summed E-state index contributed by atoms with van der Waals surface area (Å²) < 4.78 is 18.5.